The standard InChI is InChI=1S/C23H27N3O4/c1-15-5-4-6-20(16(15)2)26-9-7-25(8-10-26)13-23(28)24-19-12-22-21(29-14-30-22)11-18(19)17(3)27/h4-6,11-12H,7-10,13-14H2,1-3H3,(H,24,28)/p+1. The van der Waals surface area contributed by atoms with E-state index in [4.69, 9.17) is 9.47 Å². The Morgan fingerprint density at radius 3 is 2.50 bits per heavy atom. The number of fused-ring (bicyclic) bond motifs is 1. The maximum atomic E-state index is 12.7. The van der Waals surface area contributed by atoms with Gasteiger partial charge in [-0.25, -0.2) is 0 Å². The summed E-state index contributed by atoms with van der Waals surface area (Å²) in [7, 11) is 0. The lowest BCUT2D eigenvalue weighted by atomic mass is 10.1. The van der Waals surface area contributed by atoms with E-state index in [1.54, 1.807) is 12.1 Å². The largest absolute Gasteiger partial charge is 0.454 e. The predicted molar refractivity (Wildman–Crippen MR) is 115 cm³/mol. The SMILES string of the molecule is CC(=O)c1cc2c(cc1NC(=O)C[NH+]1CCN(c3cccc(C)c3C)CC1)OCO2. The maximum absolute atomic E-state index is 12.7. The molecule has 2 aromatic rings. The molecule has 0 saturated carbocycles. The zero-order chi connectivity index (χ0) is 21.3. The second-order valence-electron chi connectivity index (χ2n) is 7.99. The highest BCUT2D eigenvalue weighted by Crippen LogP contribution is 2.37. The van der Waals surface area contributed by atoms with Gasteiger partial charge in [0.05, 0.1) is 31.9 Å². The molecule has 0 aromatic heterocycles. The number of piperazine rings is 1. The van der Waals surface area contributed by atoms with Crippen LogP contribution in [0.2, 0.25) is 0 Å². The lowest BCUT2D eigenvalue weighted by Crippen LogP contribution is -3.15. The van der Waals surface area contributed by atoms with Crippen LogP contribution in [-0.2, 0) is 4.79 Å². The topological polar surface area (TPSA) is 72.3 Å². The Morgan fingerprint density at radius 1 is 1.10 bits per heavy atom. The van der Waals surface area contributed by atoms with E-state index in [2.05, 4.69) is 42.3 Å². The van der Waals surface area contributed by atoms with Crippen LogP contribution in [0.1, 0.15) is 28.4 Å². The van der Waals surface area contributed by atoms with Crippen LogP contribution < -0.4 is 24.6 Å². The number of Topliss-reactive ketones (excluding diaryl/α,β-unsaturated/α-hetero) is 1. The second-order valence-corrected chi connectivity index (χ2v) is 7.99. The molecule has 0 atom stereocenters. The monoisotopic (exact) mass is 410 g/mol. The number of hydrogen-bond donors (Lipinski definition) is 2. The fourth-order valence-corrected chi connectivity index (χ4v) is 4.08. The molecular weight excluding hydrogens is 382 g/mol. The summed E-state index contributed by atoms with van der Waals surface area (Å²) in [6, 6.07) is 9.71. The number of carbonyl (C=O) groups excluding carboxylic acids is 2. The van der Waals surface area contributed by atoms with Crippen molar-refractivity contribution in [2.24, 2.45) is 0 Å². The zero-order valence-corrected chi connectivity index (χ0v) is 17.7. The fourth-order valence-electron chi connectivity index (χ4n) is 4.08. The first kappa shape index (κ1) is 20.2. The second kappa shape index (κ2) is 8.36. The van der Waals surface area contributed by atoms with E-state index < -0.39 is 0 Å². The number of rotatable bonds is 5. The Hall–Kier alpha value is -3.06. The Morgan fingerprint density at radius 2 is 1.80 bits per heavy atom. The van der Waals surface area contributed by atoms with Crippen LogP contribution in [-0.4, -0.2) is 51.2 Å². The Kier molecular flexibility index (Phi) is 5.63. The third-order valence-corrected chi connectivity index (χ3v) is 5.96. The predicted octanol–water partition coefficient (Wildman–Crippen LogP) is 1.58. The van der Waals surface area contributed by atoms with E-state index in [1.807, 2.05) is 0 Å². The minimum Gasteiger partial charge on any atom is -0.454 e. The molecule has 2 N–H and O–H groups in total. The van der Waals surface area contributed by atoms with Crippen LogP contribution >= 0.6 is 0 Å². The molecule has 1 amide bonds. The molecule has 1 fully saturated rings. The smallest absolute Gasteiger partial charge is 0.279 e. The molecule has 2 aliphatic rings. The first-order chi connectivity index (χ1) is 14.4. The minimum absolute atomic E-state index is 0.105. The quantitative estimate of drug-likeness (QED) is 0.733. The molecule has 2 heterocycles. The van der Waals surface area contributed by atoms with Gasteiger partial charge in [-0.1, -0.05) is 12.1 Å². The number of anilines is 2. The number of hydrogen-bond acceptors (Lipinski definition) is 5. The normalized spacial score (nSPS) is 15.9. The van der Waals surface area contributed by atoms with E-state index in [9.17, 15) is 9.59 Å². The highest BCUT2D eigenvalue weighted by molar-refractivity contribution is 6.04. The molecule has 7 heteroatoms. The number of aryl methyl sites for hydroxylation is 1. The molecule has 158 valence electrons. The fraction of sp³-hybridized carbons (Fsp3) is 0.391. The van der Waals surface area contributed by atoms with Crippen LogP contribution in [0, 0.1) is 13.8 Å². The number of carbonyl (C=O) groups is 2. The van der Waals surface area contributed by atoms with Gasteiger partial charge in [0.2, 0.25) is 6.79 Å². The van der Waals surface area contributed by atoms with Crippen molar-refractivity contribution in [3.8, 4) is 11.5 Å². The average molecular weight is 410 g/mol. The molecule has 30 heavy (non-hydrogen) atoms. The molecule has 0 bridgehead atoms. The van der Waals surface area contributed by atoms with E-state index in [-0.39, 0.29) is 18.5 Å². The van der Waals surface area contributed by atoms with Gasteiger partial charge in [-0.15, -0.1) is 0 Å². The van der Waals surface area contributed by atoms with E-state index in [0.717, 1.165) is 26.2 Å². The molecule has 2 aromatic carbocycles. The van der Waals surface area contributed by atoms with Gasteiger partial charge in [0.15, 0.2) is 23.8 Å². The van der Waals surface area contributed by atoms with Crippen LogP contribution in [0.4, 0.5) is 11.4 Å². The minimum atomic E-state index is -0.127. The number of amides is 1. The first-order valence-electron chi connectivity index (χ1n) is 10.3. The average Bonchev–Trinajstić information content (AvgIpc) is 3.17. The van der Waals surface area contributed by atoms with Crippen LogP contribution in [0.25, 0.3) is 0 Å². The molecule has 0 aliphatic carbocycles. The third-order valence-electron chi connectivity index (χ3n) is 5.96. The van der Waals surface area contributed by atoms with Crippen molar-refractivity contribution in [2.45, 2.75) is 20.8 Å². The number of quaternary nitrogens is 1. The van der Waals surface area contributed by atoms with Gasteiger partial charge >= 0.3 is 0 Å². The summed E-state index contributed by atoms with van der Waals surface area (Å²) >= 11 is 0. The molecule has 2 aliphatic heterocycles. The zero-order valence-electron chi connectivity index (χ0n) is 17.7. The van der Waals surface area contributed by atoms with E-state index in [1.165, 1.54) is 28.6 Å². The van der Waals surface area contributed by atoms with Gasteiger partial charge in [-0.3, -0.25) is 9.59 Å². The van der Waals surface area contributed by atoms with Crippen molar-refractivity contribution in [3.63, 3.8) is 0 Å². The summed E-state index contributed by atoms with van der Waals surface area (Å²) in [5.41, 5.74) is 4.81. The summed E-state index contributed by atoms with van der Waals surface area (Å²) in [5, 5.41) is 2.90. The van der Waals surface area contributed by atoms with Gasteiger partial charge < -0.3 is 24.6 Å². The van der Waals surface area contributed by atoms with Gasteiger partial charge in [-0.2, -0.15) is 0 Å². The Balaban J connectivity index is 1.37. The van der Waals surface area contributed by atoms with Crippen LogP contribution in [0.3, 0.4) is 0 Å². The van der Waals surface area contributed by atoms with E-state index >= 15 is 0 Å². The van der Waals surface area contributed by atoms with Crippen LogP contribution in [0.5, 0.6) is 11.5 Å². The molecular formula is C23H28N3O4+. The van der Waals surface area contributed by atoms with Crippen molar-refractivity contribution in [1.82, 2.24) is 0 Å². The molecule has 0 unspecified atom stereocenters. The van der Waals surface area contributed by atoms with Gasteiger partial charge in [0, 0.05) is 17.3 Å². The number of nitrogens with zero attached hydrogens (tertiary/aromatic N) is 1. The van der Waals surface area contributed by atoms with Crippen molar-refractivity contribution in [3.05, 3.63) is 47.0 Å². The van der Waals surface area contributed by atoms with Crippen molar-refractivity contribution in [1.29, 1.82) is 0 Å². The van der Waals surface area contributed by atoms with Crippen LogP contribution in [0.15, 0.2) is 30.3 Å². The van der Waals surface area contributed by atoms with E-state index in [0.29, 0.717) is 29.3 Å². The molecule has 0 spiro atoms. The number of ether oxygens (including phenoxy) is 2. The van der Waals surface area contributed by atoms with Crippen molar-refractivity contribution < 1.29 is 24.0 Å². The molecule has 4 rings (SSSR count). The van der Waals surface area contributed by atoms with Gasteiger partial charge in [-0.05, 0) is 44.0 Å². The summed E-state index contributed by atoms with van der Waals surface area (Å²) < 4.78 is 10.7. The highest BCUT2D eigenvalue weighted by atomic mass is 16.7. The lowest BCUT2D eigenvalue weighted by molar-refractivity contribution is -0.892. The summed E-state index contributed by atoms with van der Waals surface area (Å²) in [4.78, 5) is 28.3. The number of benzene rings is 2. The summed E-state index contributed by atoms with van der Waals surface area (Å²) in [6.45, 7) is 9.87. The summed E-state index contributed by atoms with van der Waals surface area (Å²) in [5.74, 6) is 0.848. The number of ketones is 1. The molecule has 0 radical (unpaired) electrons. The first-order valence-corrected chi connectivity index (χ1v) is 10.3. The summed E-state index contributed by atoms with van der Waals surface area (Å²) in [6.07, 6.45) is 0. The highest BCUT2D eigenvalue weighted by Gasteiger charge is 2.25. The molecule has 7 nitrogen and oxygen atoms in total. The third kappa shape index (κ3) is 4.11. The Bertz CT molecular complexity index is 981. The number of nitrogens with one attached hydrogen (secondary N) is 2. The maximum Gasteiger partial charge on any atom is 0.279 e. The van der Waals surface area contributed by atoms with Gasteiger partial charge in [0.25, 0.3) is 5.91 Å². The van der Waals surface area contributed by atoms with Crippen molar-refractivity contribution in [2.75, 3.05) is 49.7 Å². The van der Waals surface area contributed by atoms with Crippen molar-refractivity contribution >= 4 is 23.1 Å². The lowest BCUT2D eigenvalue weighted by Gasteiger charge is -2.34. The van der Waals surface area contributed by atoms with Gasteiger partial charge in [0.1, 0.15) is 0 Å². The molecule has 1 saturated heterocycles. The Labute approximate surface area is 176 Å².